The maximum Gasteiger partial charge on any atom is 0.226 e. The average molecular weight is 352 g/mol. The van der Waals surface area contributed by atoms with Crippen molar-refractivity contribution in [1.82, 2.24) is 15.1 Å². The lowest BCUT2D eigenvalue weighted by molar-refractivity contribution is -0.138. The molecule has 2 atom stereocenters. The molecule has 138 valence electrons. The van der Waals surface area contributed by atoms with Gasteiger partial charge in [0.2, 0.25) is 5.91 Å². The SMILES string of the molecule is CC1c2cn[nH]c2CCC1C(=O)N1CCC(CN)(c2ccccc2)CC1. The fourth-order valence-electron chi connectivity index (χ4n) is 4.81. The maximum atomic E-state index is 13.2. The number of amides is 1. The summed E-state index contributed by atoms with van der Waals surface area (Å²) in [5.41, 5.74) is 9.92. The van der Waals surface area contributed by atoms with Crippen LogP contribution in [0.1, 0.15) is 48.9 Å². The van der Waals surface area contributed by atoms with Crippen LogP contribution >= 0.6 is 0 Å². The van der Waals surface area contributed by atoms with Crippen molar-refractivity contribution in [2.24, 2.45) is 11.7 Å². The maximum absolute atomic E-state index is 13.2. The molecule has 5 heteroatoms. The minimum absolute atomic E-state index is 0.00789. The largest absolute Gasteiger partial charge is 0.342 e. The summed E-state index contributed by atoms with van der Waals surface area (Å²) in [6.45, 7) is 4.39. The third-order valence-corrected chi connectivity index (χ3v) is 6.68. The number of aromatic amines is 1. The highest BCUT2D eigenvalue weighted by atomic mass is 16.2. The summed E-state index contributed by atoms with van der Waals surface area (Å²) in [6.07, 6.45) is 5.60. The second kappa shape index (κ2) is 6.88. The summed E-state index contributed by atoms with van der Waals surface area (Å²) in [5, 5.41) is 7.24. The van der Waals surface area contributed by atoms with Gasteiger partial charge in [0.05, 0.1) is 6.20 Å². The number of nitrogens with zero attached hydrogens (tertiary/aromatic N) is 2. The van der Waals surface area contributed by atoms with Crippen LogP contribution in [-0.4, -0.2) is 40.6 Å². The van der Waals surface area contributed by atoms with Crippen molar-refractivity contribution in [3.05, 3.63) is 53.3 Å². The van der Waals surface area contributed by atoms with Crippen molar-refractivity contribution in [2.75, 3.05) is 19.6 Å². The lowest BCUT2D eigenvalue weighted by Crippen LogP contribution is -2.50. The first-order valence-electron chi connectivity index (χ1n) is 9.71. The zero-order valence-corrected chi connectivity index (χ0v) is 15.4. The van der Waals surface area contributed by atoms with Crippen LogP contribution in [0.25, 0.3) is 0 Å². The van der Waals surface area contributed by atoms with Gasteiger partial charge in [-0.05, 0) is 42.7 Å². The van der Waals surface area contributed by atoms with Gasteiger partial charge in [0.25, 0.3) is 0 Å². The Balaban J connectivity index is 1.46. The van der Waals surface area contributed by atoms with Crippen LogP contribution in [0.4, 0.5) is 0 Å². The number of aromatic nitrogens is 2. The number of carbonyl (C=O) groups is 1. The van der Waals surface area contributed by atoms with E-state index in [0.29, 0.717) is 12.5 Å². The average Bonchev–Trinajstić information content (AvgIpc) is 3.18. The number of nitrogens with one attached hydrogen (secondary N) is 1. The first kappa shape index (κ1) is 17.3. The molecule has 4 rings (SSSR count). The summed E-state index contributed by atoms with van der Waals surface area (Å²) in [5.74, 6) is 0.616. The van der Waals surface area contributed by atoms with Gasteiger partial charge >= 0.3 is 0 Å². The molecule has 0 bridgehead atoms. The third kappa shape index (κ3) is 2.84. The Morgan fingerprint density at radius 3 is 2.73 bits per heavy atom. The van der Waals surface area contributed by atoms with E-state index >= 15 is 0 Å². The van der Waals surface area contributed by atoms with Crippen LogP contribution in [0.3, 0.4) is 0 Å². The summed E-state index contributed by atoms with van der Waals surface area (Å²) in [7, 11) is 0. The Morgan fingerprint density at radius 2 is 2.04 bits per heavy atom. The minimum atomic E-state index is 0.00789. The highest BCUT2D eigenvalue weighted by Gasteiger charge is 2.40. The van der Waals surface area contributed by atoms with Gasteiger partial charge in [-0.3, -0.25) is 9.89 Å². The predicted octanol–water partition coefficient (Wildman–Crippen LogP) is 2.59. The third-order valence-electron chi connectivity index (χ3n) is 6.68. The minimum Gasteiger partial charge on any atom is -0.342 e. The Labute approximate surface area is 155 Å². The molecule has 1 amide bonds. The molecule has 1 saturated heterocycles. The van der Waals surface area contributed by atoms with E-state index in [0.717, 1.165) is 38.8 Å². The molecule has 1 aromatic heterocycles. The van der Waals surface area contributed by atoms with E-state index in [4.69, 9.17) is 5.73 Å². The van der Waals surface area contributed by atoms with Gasteiger partial charge in [-0.2, -0.15) is 5.10 Å². The molecule has 2 heterocycles. The normalized spacial score (nSPS) is 24.9. The van der Waals surface area contributed by atoms with Crippen molar-refractivity contribution >= 4 is 5.91 Å². The molecular weight excluding hydrogens is 324 g/mol. The van der Waals surface area contributed by atoms with Gasteiger partial charge in [-0.25, -0.2) is 0 Å². The van der Waals surface area contributed by atoms with Crippen molar-refractivity contribution in [1.29, 1.82) is 0 Å². The number of hydrogen-bond acceptors (Lipinski definition) is 3. The summed E-state index contributed by atoms with van der Waals surface area (Å²) in [4.78, 5) is 15.3. The van der Waals surface area contributed by atoms with E-state index in [1.165, 1.54) is 16.8 Å². The molecule has 1 aliphatic carbocycles. The predicted molar refractivity (Wildman–Crippen MR) is 102 cm³/mol. The van der Waals surface area contributed by atoms with E-state index in [9.17, 15) is 4.79 Å². The molecule has 3 N–H and O–H groups in total. The molecule has 0 radical (unpaired) electrons. The van der Waals surface area contributed by atoms with Crippen LogP contribution in [-0.2, 0) is 16.6 Å². The Kier molecular flexibility index (Phi) is 4.57. The van der Waals surface area contributed by atoms with Crippen LogP contribution in [0.15, 0.2) is 36.5 Å². The topological polar surface area (TPSA) is 75.0 Å². The van der Waals surface area contributed by atoms with Crippen LogP contribution in [0, 0.1) is 5.92 Å². The first-order chi connectivity index (χ1) is 12.6. The fraction of sp³-hybridized carbons (Fsp3) is 0.524. The highest BCUT2D eigenvalue weighted by molar-refractivity contribution is 5.80. The molecule has 2 aliphatic rings. The lowest BCUT2D eigenvalue weighted by Gasteiger charge is -2.43. The Bertz CT molecular complexity index is 761. The highest BCUT2D eigenvalue weighted by Crippen LogP contribution is 2.39. The molecule has 1 aliphatic heterocycles. The van der Waals surface area contributed by atoms with Gasteiger partial charge in [0.1, 0.15) is 0 Å². The molecule has 5 nitrogen and oxygen atoms in total. The second-order valence-corrected chi connectivity index (χ2v) is 7.91. The van der Waals surface area contributed by atoms with Crippen molar-refractivity contribution < 1.29 is 4.79 Å². The summed E-state index contributed by atoms with van der Waals surface area (Å²) in [6, 6.07) is 10.6. The number of fused-ring (bicyclic) bond motifs is 1. The van der Waals surface area contributed by atoms with Crippen LogP contribution in [0.5, 0.6) is 0 Å². The van der Waals surface area contributed by atoms with Crippen LogP contribution < -0.4 is 5.73 Å². The smallest absolute Gasteiger partial charge is 0.226 e. The number of nitrogens with two attached hydrogens (primary N) is 1. The van der Waals surface area contributed by atoms with E-state index in [1.54, 1.807) is 0 Å². The molecule has 1 fully saturated rings. The second-order valence-electron chi connectivity index (χ2n) is 7.91. The van der Waals surface area contributed by atoms with Gasteiger partial charge in [0, 0.05) is 36.7 Å². The monoisotopic (exact) mass is 352 g/mol. The van der Waals surface area contributed by atoms with Gasteiger partial charge in [0.15, 0.2) is 0 Å². The van der Waals surface area contributed by atoms with Crippen molar-refractivity contribution in [2.45, 2.75) is 43.9 Å². The molecule has 26 heavy (non-hydrogen) atoms. The Morgan fingerprint density at radius 1 is 1.31 bits per heavy atom. The van der Waals surface area contributed by atoms with Gasteiger partial charge < -0.3 is 10.6 Å². The zero-order chi connectivity index (χ0) is 18.1. The quantitative estimate of drug-likeness (QED) is 0.891. The van der Waals surface area contributed by atoms with Crippen molar-refractivity contribution in [3.63, 3.8) is 0 Å². The first-order valence-corrected chi connectivity index (χ1v) is 9.71. The van der Waals surface area contributed by atoms with Crippen LogP contribution in [0.2, 0.25) is 0 Å². The molecule has 1 aromatic carbocycles. The summed E-state index contributed by atoms with van der Waals surface area (Å²) >= 11 is 0. The van der Waals surface area contributed by atoms with Crippen molar-refractivity contribution in [3.8, 4) is 0 Å². The zero-order valence-electron chi connectivity index (χ0n) is 15.4. The number of rotatable bonds is 3. The number of piperidine rings is 1. The van der Waals surface area contributed by atoms with Gasteiger partial charge in [-0.15, -0.1) is 0 Å². The lowest BCUT2D eigenvalue weighted by atomic mass is 9.72. The molecule has 2 aromatic rings. The number of benzene rings is 1. The van der Waals surface area contributed by atoms with E-state index in [2.05, 4.69) is 46.3 Å². The molecule has 0 spiro atoms. The standard InChI is InChI=1S/C21H28N4O/c1-15-17(7-8-19-18(15)13-23-24-19)20(26)25-11-9-21(14-22,10-12-25)16-5-3-2-4-6-16/h2-6,13,15,17H,7-12,14,22H2,1H3,(H,23,24). The van der Waals surface area contributed by atoms with Gasteiger partial charge in [-0.1, -0.05) is 37.3 Å². The molecular formula is C21H28N4O. The molecule has 2 unspecified atom stereocenters. The summed E-state index contributed by atoms with van der Waals surface area (Å²) < 4.78 is 0. The van der Waals surface area contributed by atoms with E-state index < -0.39 is 0 Å². The van der Waals surface area contributed by atoms with E-state index in [-0.39, 0.29) is 17.3 Å². The fourth-order valence-corrected chi connectivity index (χ4v) is 4.81. The number of hydrogen-bond donors (Lipinski definition) is 2. The number of carbonyl (C=O) groups excluding carboxylic acids is 1. The Hall–Kier alpha value is -2.14. The number of aryl methyl sites for hydroxylation is 1. The number of H-pyrrole nitrogens is 1. The van der Waals surface area contributed by atoms with E-state index in [1.807, 2.05) is 12.3 Å². The number of likely N-dealkylation sites (tertiary alicyclic amines) is 1. The molecule has 0 saturated carbocycles.